The van der Waals surface area contributed by atoms with Gasteiger partial charge in [-0.15, -0.1) is 11.3 Å². The highest BCUT2D eigenvalue weighted by molar-refractivity contribution is 7.10. The van der Waals surface area contributed by atoms with Crippen molar-refractivity contribution in [2.45, 2.75) is 12.5 Å². The Balaban J connectivity index is 1.64. The Morgan fingerprint density at radius 2 is 1.93 bits per heavy atom. The van der Waals surface area contributed by atoms with Gasteiger partial charge >= 0.3 is 0 Å². The van der Waals surface area contributed by atoms with E-state index in [1.54, 1.807) is 37.7 Å². The SMILES string of the molecule is COc1cc2c(cc1OC)[C@@H](c1cccs1)N(CC(=O)Nc1ccccc1Cl)CC2. The molecule has 5 nitrogen and oxygen atoms in total. The first-order valence-corrected chi connectivity index (χ1v) is 10.9. The molecule has 1 amide bonds. The summed E-state index contributed by atoms with van der Waals surface area (Å²) in [4.78, 5) is 16.2. The smallest absolute Gasteiger partial charge is 0.238 e. The van der Waals surface area contributed by atoms with E-state index in [9.17, 15) is 4.79 Å². The zero-order valence-electron chi connectivity index (χ0n) is 16.9. The van der Waals surface area contributed by atoms with Gasteiger partial charge in [-0.25, -0.2) is 0 Å². The fraction of sp³-hybridized carbons (Fsp3) is 0.261. The van der Waals surface area contributed by atoms with Crippen molar-refractivity contribution in [1.29, 1.82) is 0 Å². The number of nitrogens with zero attached hydrogens (tertiary/aromatic N) is 1. The summed E-state index contributed by atoms with van der Waals surface area (Å²) in [5, 5.41) is 5.53. The predicted molar refractivity (Wildman–Crippen MR) is 121 cm³/mol. The normalized spacial score (nSPS) is 16.0. The molecule has 1 aliphatic rings. The molecule has 7 heteroatoms. The van der Waals surface area contributed by atoms with E-state index in [0.29, 0.717) is 16.5 Å². The number of methoxy groups -OCH3 is 2. The van der Waals surface area contributed by atoms with Gasteiger partial charge in [0.25, 0.3) is 0 Å². The number of thiophene rings is 1. The van der Waals surface area contributed by atoms with E-state index < -0.39 is 0 Å². The molecule has 2 aromatic carbocycles. The van der Waals surface area contributed by atoms with Crippen molar-refractivity contribution < 1.29 is 14.3 Å². The zero-order chi connectivity index (χ0) is 21.1. The molecule has 2 heterocycles. The Morgan fingerprint density at radius 1 is 1.17 bits per heavy atom. The van der Waals surface area contributed by atoms with Gasteiger partial charge in [0.2, 0.25) is 5.91 Å². The van der Waals surface area contributed by atoms with Crippen LogP contribution in [0.15, 0.2) is 53.9 Å². The first-order valence-electron chi connectivity index (χ1n) is 9.67. The van der Waals surface area contributed by atoms with Crippen LogP contribution in [-0.2, 0) is 11.2 Å². The summed E-state index contributed by atoms with van der Waals surface area (Å²) in [5.74, 6) is 1.33. The summed E-state index contributed by atoms with van der Waals surface area (Å²) in [6.07, 6.45) is 0.830. The minimum atomic E-state index is -0.0893. The van der Waals surface area contributed by atoms with Crippen molar-refractivity contribution in [2.75, 3.05) is 32.6 Å². The fourth-order valence-corrected chi connectivity index (χ4v) is 4.94. The number of nitrogens with one attached hydrogen (secondary N) is 1. The van der Waals surface area contributed by atoms with E-state index in [4.69, 9.17) is 21.1 Å². The van der Waals surface area contributed by atoms with Gasteiger partial charge in [0, 0.05) is 11.4 Å². The summed E-state index contributed by atoms with van der Waals surface area (Å²) in [5.41, 5.74) is 2.99. The van der Waals surface area contributed by atoms with Gasteiger partial charge in [-0.1, -0.05) is 29.8 Å². The maximum absolute atomic E-state index is 12.8. The number of amides is 1. The number of fused-ring (bicyclic) bond motifs is 1. The first kappa shape index (κ1) is 20.7. The van der Waals surface area contributed by atoms with E-state index in [0.717, 1.165) is 24.3 Å². The maximum atomic E-state index is 12.8. The number of para-hydroxylation sites is 1. The Kier molecular flexibility index (Phi) is 6.27. The molecule has 1 atom stereocenters. The van der Waals surface area contributed by atoms with Crippen LogP contribution in [0, 0.1) is 0 Å². The molecule has 156 valence electrons. The van der Waals surface area contributed by atoms with Crippen molar-refractivity contribution in [3.63, 3.8) is 0 Å². The van der Waals surface area contributed by atoms with E-state index in [2.05, 4.69) is 27.7 Å². The molecule has 0 radical (unpaired) electrons. The number of benzene rings is 2. The largest absolute Gasteiger partial charge is 0.493 e. The first-order chi connectivity index (χ1) is 14.6. The number of anilines is 1. The number of carbonyl (C=O) groups excluding carboxylic acids is 1. The number of hydrogen-bond donors (Lipinski definition) is 1. The lowest BCUT2D eigenvalue weighted by molar-refractivity contribution is -0.117. The molecule has 0 saturated heterocycles. The average Bonchev–Trinajstić information content (AvgIpc) is 3.28. The lowest BCUT2D eigenvalue weighted by Gasteiger charge is -2.37. The summed E-state index contributed by atoms with van der Waals surface area (Å²) in [6, 6.07) is 15.5. The minimum Gasteiger partial charge on any atom is -0.493 e. The molecule has 0 bridgehead atoms. The van der Waals surface area contributed by atoms with Crippen LogP contribution in [0.4, 0.5) is 5.69 Å². The van der Waals surface area contributed by atoms with Gasteiger partial charge in [0.05, 0.1) is 37.5 Å². The van der Waals surface area contributed by atoms with Gasteiger partial charge in [0.1, 0.15) is 0 Å². The predicted octanol–water partition coefficient (Wildman–Crippen LogP) is 5.00. The highest BCUT2D eigenvalue weighted by Gasteiger charge is 2.32. The molecule has 0 spiro atoms. The number of hydrogen-bond acceptors (Lipinski definition) is 5. The van der Waals surface area contributed by atoms with Crippen LogP contribution in [0.3, 0.4) is 0 Å². The quantitative estimate of drug-likeness (QED) is 0.583. The van der Waals surface area contributed by atoms with E-state index >= 15 is 0 Å². The monoisotopic (exact) mass is 442 g/mol. The van der Waals surface area contributed by atoms with Crippen LogP contribution in [0.2, 0.25) is 5.02 Å². The molecule has 30 heavy (non-hydrogen) atoms. The van der Waals surface area contributed by atoms with Crippen LogP contribution in [0.5, 0.6) is 11.5 Å². The molecule has 0 aliphatic carbocycles. The van der Waals surface area contributed by atoms with Crippen molar-refractivity contribution in [3.8, 4) is 11.5 Å². The lowest BCUT2D eigenvalue weighted by Crippen LogP contribution is -2.41. The Bertz CT molecular complexity index is 1040. The fourth-order valence-electron chi connectivity index (χ4n) is 3.88. The second kappa shape index (κ2) is 9.08. The Hall–Kier alpha value is -2.54. The molecule has 3 aromatic rings. The highest BCUT2D eigenvalue weighted by Crippen LogP contribution is 2.42. The van der Waals surface area contributed by atoms with Crippen molar-refractivity contribution >= 4 is 34.5 Å². The summed E-state index contributed by atoms with van der Waals surface area (Å²) in [7, 11) is 3.29. The standard InChI is InChI=1S/C23H23ClN2O3S/c1-28-19-12-15-9-10-26(14-22(27)25-18-7-4-3-6-17(18)24)23(21-8-5-11-30-21)16(15)13-20(19)29-2/h3-8,11-13,23H,9-10,14H2,1-2H3,(H,25,27)/t23-/m0/s1. The minimum absolute atomic E-state index is 0.0226. The summed E-state index contributed by atoms with van der Waals surface area (Å²) >= 11 is 7.88. The van der Waals surface area contributed by atoms with Crippen molar-refractivity contribution in [3.05, 3.63) is 74.9 Å². The third-order valence-corrected chi connectivity index (χ3v) is 6.54. The van der Waals surface area contributed by atoms with Gasteiger partial charge < -0.3 is 14.8 Å². The summed E-state index contributed by atoms with van der Waals surface area (Å²) < 4.78 is 11.0. The van der Waals surface area contributed by atoms with E-state index in [1.807, 2.05) is 24.3 Å². The number of carbonyl (C=O) groups is 1. The van der Waals surface area contributed by atoms with E-state index in [1.165, 1.54) is 10.4 Å². The Labute approximate surface area is 185 Å². The third-order valence-electron chi connectivity index (χ3n) is 5.28. The highest BCUT2D eigenvalue weighted by atomic mass is 35.5. The van der Waals surface area contributed by atoms with Gasteiger partial charge in [-0.05, 0) is 53.3 Å². The summed E-state index contributed by atoms with van der Waals surface area (Å²) in [6.45, 7) is 1.03. The topological polar surface area (TPSA) is 50.8 Å². The molecule has 4 rings (SSSR count). The molecule has 0 saturated carbocycles. The van der Waals surface area contributed by atoms with Crippen LogP contribution in [-0.4, -0.2) is 38.1 Å². The maximum Gasteiger partial charge on any atom is 0.238 e. The molecular weight excluding hydrogens is 420 g/mol. The van der Waals surface area contributed by atoms with Gasteiger partial charge in [0.15, 0.2) is 11.5 Å². The third kappa shape index (κ3) is 4.17. The Morgan fingerprint density at radius 3 is 2.63 bits per heavy atom. The molecule has 0 unspecified atom stereocenters. The van der Waals surface area contributed by atoms with Gasteiger partial charge in [-0.2, -0.15) is 0 Å². The van der Waals surface area contributed by atoms with Crippen LogP contribution < -0.4 is 14.8 Å². The molecule has 1 aromatic heterocycles. The second-order valence-electron chi connectivity index (χ2n) is 7.07. The van der Waals surface area contributed by atoms with Crippen LogP contribution in [0.1, 0.15) is 22.0 Å². The molecule has 1 aliphatic heterocycles. The van der Waals surface area contributed by atoms with Crippen LogP contribution >= 0.6 is 22.9 Å². The lowest BCUT2D eigenvalue weighted by atomic mass is 9.91. The molecule has 1 N–H and O–H groups in total. The number of halogens is 1. The van der Waals surface area contributed by atoms with E-state index in [-0.39, 0.29) is 18.5 Å². The van der Waals surface area contributed by atoms with Crippen molar-refractivity contribution in [2.24, 2.45) is 0 Å². The average molecular weight is 443 g/mol. The van der Waals surface area contributed by atoms with Gasteiger partial charge in [-0.3, -0.25) is 9.69 Å². The van der Waals surface area contributed by atoms with Crippen molar-refractivity contribution in [1.82, 2.24) is 4.90 Å². The van der Waals surface area contributed by atoms with Crippen LogP contribution in [0.25, 0.3) is 0 Å². The zero-order valence-corrected chi connectivity index (χ0v) is 18.4. The number of ether oxygens (including phenoxy) is 2. The molecule has 0 fully saturated rings. The number of rotatable bonds is 6. The second-order valence-corrected chi connectivity index (χ2v) is 8.46. The molecular formula is C23H23ClN2O3S.